The summed E-state index contributed by atoms with van der Waals surface area (Å²) >= 11 is 0. The zero-order valence-corrected chi connectivity index (χ0v) is 18.2. The van der Waals surface area contributed by atoms with Crippen LogP contribution in [0.1, 0.15) is 10.4 Å². The second-order valence-corrected chi connectivity index (χ2v) is 7.62. The molecule has 4 aromatic rings. The van der Waals surface area contributed by atoms with Crippen LogP contribution in [0.25, 0.3) is 10.8 Å². The third-order valence-electron chi connectivity index (χ3n) is 5.42. The van der Waals surface area contributed by atoms with Crippen molar-refractivity contribution in [3.8, 4) is 11.8 Å². The Labute approximate surface area is 199 Å². The molecule has 0 radical (unpaired) electrons. The number of aromatic hydroxyl groups is 1. The number of para-hydroxylation sites is 1. The number of amides is 1. The lowest BCUT2D eigenvalue weighted by Gasteiger charge is -2.19. The van der Waals surface area contributed by atoms with E-state index in [-0.39, 0.29) is 17.0 Å². The predicted octanol–water partition coefficient (Wildman–Crippen LogP) is 4.64. The molecule has 2 unspecified atom stereocenters. The SMILES string of the molecule is N#CC1C=NN(c2ccncn2)C1N=Nc1cc2ccccc2c(C(=O)Nc2ccccc2)c1O. The topological polar surface area (TPSA) is 139 Å². The van der Waals surface area contributed by atoms with E-state index in [1.807, 2.05) is 18.2 Å². The van der Waals surface area contributed by atoms with Crippen molar-refractivity contribution in [3.63, 3.8) is 0 Å². The van der Waals surface area contributed by atoms with Crippen LogP contribution in [0.4, 0.5) is 17.2 Å². The molecule has 0 fully saturated rings. The van der Waals surface area contributed by atoms with E-state index in [9.17, 15) is 15.2 Å². The van der Waals surface area contributed by atoms with Gasteiger partial charge in [-0.1, -0.05) is 42.5 Å². The van der Waals surface area contributed by atoms with Crippen molar-refractivity contribution in [3.05, 3.63) is 84.8 Å². The van der Waals surface area contributed by atoms with Gasteiger partial charge >= 0.3 is 0 Å². The fourth-order valence-electron chi connectivity index (χ4n) is 3.74. The zero-order valence-electron chi connectivity index (χ0n) is 18.2. The smallest absolute Gasteiger partial charge is 0.260 e. The second-order valence-electron chi connectivity index (χ2n) is 7.62. The van der Waals surface area contributed by atoms with Gasteiger partial charge in [-0.05, 0) is 29.0 Å². The first-order chi connectivity index (χ1) is 17.2. The molecule has 3 aromatic carbocycles. The van der Waals surface area contributed by atoms with Gasteiger partial charge in [0.25, 0.3) is 5.91 Å². The standard InChI is InChI=1S/C25H18N8O2/c26-13-17-14-29-33(21-10-11-27-15-28-21)24(17)32-31-20-12-16-6-4-5-9-19(16)22(23(20)34)25(35)30-18-7-2-1-3-8-18/h1-12,14-15,17,24,34H,(H,30,35). The number of aromatic nitrogens is 2. The van der Waals surface area contributed by atoms with E-state index >= 15 is 0 Å². The fourth-order valence-corrected chi connectivity index (χ4v) is 3.74. The molecule has 35 heavy (non-hydrogen) atoms. The lowest BCUT2D eigenvalue weighted by molar-refractivity contribution is 0.102. The van der Waals surface area contributed by atoms with E-state index in [1.165, 1.54) is 17.6 Å². The minimum absolute atomic E-state index is 0.0769. The molecule has 0 saturated carbocycles. The van der Waals surface area contributed by atoms with Gasteiger partial charge < -0.3 is 10.4 Å². The third-order valence-corrected chi connectivity index (χ3v) is 5.42. The molecule has 0 saturated heterocycles. The first-order valence-corrected chi connectivity index (χ1v) is 10.7. The van der Waals surface area contributed by atoms with Crippen LogP contribution < -0.4 is 10.3 Å². The normalized spacial score (nSPS) is 17.1. The van der Waals surface area contributed by atoms with Crippen LogP contribution in [0, 0.1) is 17.2 Å². The van der Waals surface area contributed by atoms with Crippen LogP contribution in [-0.2, 0) is 0 Å². The van der Waals surface area contributed by atoms with E-state index < -0.39 is 18.0 Å². The number of phenols is 1. The Bertz CT molecular complexity index is 1480. The van der Waals surface area contributed by atoms with E-state index in [1.54, 1.807) is 54.7 Å². The molecular weight excluding hydrogens is 444 g/mol. The number of rotatable bonds is 5. The quantitative estimate of drug-likeness (QED) is 0.414. The monoisotopic (exact) mass is 462 g/mol. The summed E-state index contributed by atoms with van der Waals surface area (Å²) in [6, 6.07) is 21.6. The average Bonchev–Trinajstić information content (AvgIpc) is 3.31. The molecule has 2 heterocycles. The summed E-state index contributed by atoms with van der Waals surface area (Å²) in [6.07, 6.45) is 3.58. The van der Waals surface area contributed by atoms with Gasteiger partial charge in [0, 0.05) is 24.2 Å². The number of nitrogens with one attached hydrogen (secondary N) is 1. The molecule has 0 spiro atoms. The number of carbonyl (C=O) groups excluding carboxylic acids is 1. The highest BCUT2D eigenvalue weighted by molar-refractivity contribution is 6.16. The number of carbonyl (C=O) groups is 1. The molecule has 5 rings (SSSR count). The van der Waals surface area contributed by atoms with Gasteiger partial charge in [0.1, 0.15) is 17.9 Å². The number of anilines is 2. The molecule has 10 heteroatoms. The highest BCUT2D eigenvalue weighted by atomic mass is 16.3. The summed E-state index contributed by atoms with van der Waals surface area (Å²) in [4.78, 5) is 21.2. The molecule has 1 aliphatic heterocycles. The maximum Gasteiger partial charge on any atom is 0.260 e. The summed E-state index contributed by atoms with van der Waals surface area (Å²) in [5, 5.41) is 38.9. The molecule has 0 aliphatic carbocycles. The molecule has 1 aromatic heterocycles. The summed E-state index contributed by atoms with van der Waals surface area (Å²) < 4.78 is 0. The van der Waals surface area contributed by atoms with Crippen molar-refractivity contribution in [2.24, 2.45) is 21.2 Å². The van der Waals surface area contributed by atoms with Crippen molar-refractivity contribution in [2.45, 2.75) is 6.17 Å². The number of benzene rings is 3. The van der Waals surface area contributed by atoms with Crippen LogP contribution >= 0.6 is 0 Å². The summed E-state index contributed by atoms with van der Waals surface area (Å²) in [5.41, 5.74) is 0.759. The van der Waals surface area contributed by atoms with E-state index in [2.05, 4.69) is 36.7 Å². The highest BCUT2D eigenvalue weighted by Gasteiger charge is 2.33. The van der Waals surface area contributed by atoms with Crippen LogP contribution in [-0.4, -0.2) is 33.4 Å². The van der Waals surface area contributed by atoms with Crippen molar-refractivity contribution < 1.29 is 9.90 Å². The Hall–Kier alpha value is -5.17. The number of fused-ring (bicyclic) bond motifs is 1. The largest absolute Gasteiger partial charge is 0.505 e. The molecular formula is C25H18N8O2. The van der Waals surface area contributed by atoms with Gasteiger partial charge in [-0.15, -0.1) is 5.11 Å². The molecule has 1 amide bonds. The maximum atomic E-state index is 13.2. The number of phenolic OH excluding ortho intramolecular Hbond substituents is 1. The number of nitriles is 1. The van der Waals surface area contributed by atoms with Crippen molar-refractivity contribution >= 4 is 40.1 Å². The molecule has 1 aliphatic rings. The van der Waals surface area contributed by atoms with Gasteiger partial charge in [0.05, 0.1) is 11.6 Å². The molecule has 10 nitrogen and oxygen atoms in total. The zero-order chi connectivity index (χ0) is 24.2. The number of hydrogen-bond acceptors (Lipinski definition) is 9. The Kier molecular flexibility index (Phi) is 5.80. The van der Waals surface area contributed by atoms with Gasteiger partial charge in [0.2, 0.25) is 0 Å². The van der Waals surface area contributed by atoms with Gasteiger partial charge in [-0.3, -0.25) is 4.79 Å². The minimum Gasteiger partial charge on any atom is -0.505 e. The van der Waals surface area contributed by atoms with Crippen LogP contribution in [0.15, 0.2) is 94.6 Å². The summed E-state index contributed by atoms with van der Waals surface area (Å²) in [7, 11) is 0. The molecule has 2 N–H and O–H groups in total. The van der Waals surface area contributed by atoms with E-state index in [4.69, 9.17) is 0 Å². The first-order valence-electron chi connectivity index (χ1n) is 10.7. The van der Waals surface area contributed by atoms with Crippen molar-refractivity contribution in [1.82, 2.24) is 9.97 Å². The van der Waals surface area contributed by atoms with Crippen molar-refractivity contribution in [2.75, 3.05) is 10.3 Å². The summed E-state index contributed by atoms with van der Waals surface area (Å²) in [5.74, 6) is -1.04. The lowest BCUT2D eigenvalue weighted by atomic mass is 10.0. The predicted molar refractivity (Wildman–Crippen MR) is 130 cm³/mol. The second kappa shape index (κ2) is 9.36. The first kappa shape index (κ1) is 21.7. The Balaban J connectivity index is 1.54. The average molecular weight is 462 g/mol. The highest BCUT2D eigenvalue weighted by Crippen LogP contribution is 2.38. The van der Waals surface area contributed by atoms with Crippen LogP contribution in [0.5, 0.6) is 5.75 Å². The number of hydrazone groups is 1. The molecule has 170 valence electrons. The fraction of sp³-hybridized carbons (Fsp3) is 0.0800. The van der Waals surface area contributed by atoms with E-state index in [0.29, 0.717) is 22.3 Å². The van der Waals surface area contributed by atoms with E-state index in [0.717, 1.165) is 0 Å². The Morgan fingerprint density at radius 1 is 1.11 bits per heavy atom. The Morgan fingerprint density at radius 2 is 1.91 bits per heavy atom. The number of hydrogen-bond donors (Lipinski definition) is 2. The van der Waals surface area contributed by atoms with Gasteiger partial charge in [-0.2, -0.15) is 15.5 Å². The van der Waals surface area contributed by atoms with Crippen molar-refractivity contribution in [1.29, 1.82) is 5.26 Å². The molecule has 0 bridgehead atoms. The Morgan fingerprint density at radius 3 is 2.69 bits per heavy atom. The van der Waals surface area contributed by atoms with Gasteiger partial charge in [0.15, 0.2) is 17.7 Å². The van der Waals surface area contributed by atoms with Crippen LogP contribution in [0.3, 0.4) is 0 Å². The summed E-state index contributed by atoms with van der Waals surface area (Å²) in [6.45, 7) is 0. The number of nitrogens with zero attached hydrogens (tertiary/aromatic N) is 7. The minimum atomic E-state index is -0.803. The molecule has 2 atom stereocenters. The third kappa shape index (κ3) is 4.26. The number of azo groups is 1. The maximum absolute atomic E-state index is 13.2. The lowest BCUT2D eigenvalue weighted by Crippen LogP contribution is -2.30. The van der Waals surface area contributed by atoms with Crippen LogP contribution in [0.2, 0.25) is 0 Å². The van der Waals surface area contributed by atoms with Gasteiger partial charge in [-0.25, -0.2) is 15.0 Å².